The first kappa shape index (κ1) is 16.4. The van der Waals surface area contributed by atoms with Gasteiger partial charge in [-0.2, -0.15) is 0 Å². The molecule has 98 valence electrons. The zero-order valence-electron chi connectivity index (χ0n) is 8.89. The summed E-state index contributed by atoms with van der Waals surface area (Å²) in [6.45, 7) is 1.03. The first-order valence-corrected chi connectivity index (χ1v) is 5.99. The molecule has 2 aliphatic heterocycles. The van der Waals surface area contributed by atoms with E-state index in [0.29, 0.717) is 24.0 Å². The fourth-order valence-electron chi connectivity index (χ4n) is 0.372. The zero-order valence-corrected chi connectivity index (χ0v) is 10.4. The summed E-state index contributed by atoms with van der Waals surface area (Å²) in [7, 11) is 0. The molecular formula is C9H18Cl2O5. The maximum absolute atomic E-state index is 8.17. The summed E-state index contributed by atoms with van der Waals surface area (Å²) in [6, 6.07) is 0. The van der Waals surface area contributed by atoms with Crippen molar-refractivity contribution in [3.8, 4) is 0 Å². The van der Waals surface area contributed by atoms with Crippen LogP contribution in [-0.4, -0.2) is 71.8 Å². The van der Waals surface area contributed by atoms with E-state index < -0.39 is 6.10 Å². The molecular weight excluding hydrogens is 259 g/mol. The Kier molecular flexibility index (Phi) is 10.8. The van der Waals surface area contributed by atoms with Crippen molar-refractivity contribution in [3.05, 3.63) is 0 Å². The third-order valence-corrected chi connectivity index (χ3v) is 2.26. The maximum atomic E-state index is 8.17. The Labute approximate surface area is 105 Å². The molecule has 2 heterocycles. The van der Waals surface area contributed by atoms with E-state index in [9.17, 15) is 0 Å². The number of alkyl halides is 2. The van der Waals surface area contributed by atoms with Crippen molar-refractivity contribution >= 4 is 23.2 Å². The van der Waals surface area contributed by atoms with Crippen molar-refractivity contribution in [2.24, 2.45) is 0 Å². The molecule has 0 saturated carbocycles. The van der Waals surface area contributed by atoms with Gasteiger partial charge in [-0.25, -0.2) is 0 Å². The highest BCUT2D eigenvalue weighted by atomic mass is 35.5. The fraction of sp³-hybridized carbons (Fsp3) is 1.00. The van der Waals surface area contributed by atoms with Crippen LogP contribution in [0.5, 0.6) is 0 Å². The van der Waals surface area contributed by atoms with E-state index in [1.807, 2.05) is 0 Å². The average molecular weight is 277 g/mol. The van der Waals surface area contributed by atoms with Gasteiger partial charge < -0.3 is 24.8 Å². The van der Waals surface area contributed by atoms with Crippen LogP contribution in [0.1, 0.15) is 0 Å². The van der Waals surface area contributed by atoms with Crippen molar-refractivity contribution < 1.29 is 24.8 Å². The highest BCUT2D eigenvalue weighted by molar-refractivity contribution is 6.18. The Hall–Kier alpha value is 0.380. The van der Waals surface area contributed by atoms with Gasteiger partial charge in [0.1, 0.15) is 6.10 Å². The van der Waals surface area contributed by atoms with Gasteiger partial charge in [0.25, 0.3) is 0 Å². The number of aliphatic hydroxyl groups excluding tert-OH is 3. The topological polar surface area (TPSA) is 85.8 Å². The minimum Gasteiger partial charge on any atom is -0.394 e. The van der Waals surface area contributed by atoms with Crippen molar-refractivity contribution in [2.45, 2.75) is 18.3 Å². The number of aliphatic hydroxyl groups is 3. The Bertz CT molecular complexity index is 137. The number of rotatable bonds is 4. The van der Waals surface area contributed by atoms with Gasteiger partial charge >= 0.3 is 0 Å². The summed E-state index contributed by atoms with van der Waals surface area (Å²) >= 11 is 10.5. The molecule has 2 aliphatic rings. The molecule has 0 spiro atoms. The SMILES string of the molecule is ClCC1CO1.ClCC1CO1.OCC(O)CO. The molecule has 2 rings (SSSR count). The van der Waals surface area contributed by atoms with Gasteiger partial charge in [-0.1, -0.05) is 0 Å². The van der Waals surface area contributed by atoms with Gasteiger partial charge in [-0.3, -0.25) is 0 Å². The van der Waals surface area contributed by atoms with Crippen molar-refractivity contribution in [3.63, 3.8) is 0 Å². The van der Waals surface area contributed by atoms with Crippen LogP contribution in [0.25, 0.3) is 0 Å². The molecule has 0 aromatic rings. The van der Waals surface area contributed by atoms with Gasteiger partial charge in [-0.15, -0.1) is 23.2 Å². The molecule has 3 N–H and O–H groups in total. The lowest BCUT2D eigenvalue weighted by atomic mass is 10.4. The normalized spacial score (nSPS) is 25.1. The largest absolute Gasteiger partial charge is 0.394 e. The zero-order chi connectivity index (χ0) is 12.4. The predicted molar refractivity (Wildman–Crippen MR) is 61.1 cm³/mol. The predicted octanol–water partition coefficient (Wildman–Crippen LogP) is -0.420. The van der Waals surface area contributed by atoms with E-state index in [0.717, 1.165) is 13.2 Å². The molecule has 2 atom stereocenters. The second kappa shape index (κ2) is 10.5. The third-order valence-electron chi connectivity index (χ3n) is 1.57. The molecule has 7 heteroatoms. The molecule has 2 unspecified atom stereocenters. The smallest absolute Gasteiger partial charge is 0.100 e. The molecule has 2 saturated heterocycles. The lowest BCUT2D eigenvalue weighted by Crippen LogP contribution is -2.15. The molecule has 2 fully saturated rings. The first-order chi connectivity index (χ1) is 7.67. The quantitative estimate of drug-likeness (QED) is 0.480. The van der Waals surface area contributed by atoms with E-state index in [-0.39, 0.29) is 13.2 Å². The van der Waals surface area contributed by atoms with Crippen LogP contribution in [0.4, 0.5) is 0 Å². The lowest BCUT2D eigenvalue weighted by molar-refractivity contribution is 0.0450. The Morgan fingerprint density at radius 2 is 1.31 bits per heavy atom. The van der Waals surface area contributed by atoms with Crippen molar-refractivity contribution in [1.82, 2.24) is 0 Å². The lowest BCUT2D eigenvalue weighted by Gasteiger charge is -1.96. The van der Waals surface area contributed by atoms with Gasteiger partial charge in [0.05, 0.1) is 50.4 Å². The fourth-order valence-corrected chi connectivity index (χ4v) is 0.728. The van der Waals surface area contributed by atoms with E-state index in [4.69, 9.17) is 48.0 Å². The van der Waals surface area contributed by atoms with Crippen LogP contribution in [0, 0.1) is 0 Å². The number of hydrogen-bond donors (Lipinski definition) is 3. The average Bonchev–Trinajstić information content (AvgIpc) is 3.23. The number of epoxide rings is 2. The maximum Gasteiger partial charge on any atom is 0.100 e. The Morgan fingerprint density at radius 1 is 1.00 bits per heavy atom. The van der Waals surface area contributed by atoms with Gasteiger partial charge in [0.2, 0.25) is 0 Å². The van der Waals surface area contributed by atoms with Crippen LogP contribution in [0.15, 0.2) is 0 Å². The molecule has 0 aliphatic carbocycles. The highest BCUT2D eigenvalue weighted by Crippen LogP contribution is 2.09. The van der Waals surface area contributed by atoms with Crippen LogP contribution in [0.3, 0.4) is 0 Å². The minimum absolute atomic E-state index is 0.365. The second-order valence-corrected chi connectivity index (χ2v) is 3.86. The van der Waals surface area contributed by atoms with Crippen LogP contribution >= 0.6 is 23.2 Å². The van der Waals surface area contributed by atoms with E-state index >= 15 is 0 Å². The van der Waals surface area contributed by atoms with Crippen LogP contribution < -0.4 is 0 Å². The van der Waals surface area contributed by atoms with Gasteiger partial charge in [0.15, 0.2) is 0 Å². The highest BCUT2D eigenvalue weighted by Gasteiger charge is 2.20. The standard InChI is InChI=1S/2C3H5ClO.C3H8O3/c2*4-1-3-2-5-3;4-1-3(6)2-5/h2*3H,1-2H2;3-6H,1-2H2. The number of ether oxygens (including phenoxy) is 2. The Balaban J connectivity index is 0.000000211. The van der Waals surface area contributed by atoms with Gasteiger partial charge in [-0.05, 0) is 0 Å². The second-order valence-electron chi connectivity index (χ2n) is 3.24. The summed E-state index contributed by atoms with van der Waals surface area (Å²) in [5.41, 5.74) is 0. The molecule has 0 aromatic heterocycles. The summed E-state index contributed by atoms with van der Waals surface area (Å²) in [4.78, 5) is 0. The molecule has 0 radical (unpaired) electrons. The third kappa shape index (κ3) is 12.4. The molecule has 0 aromatic carbocycles. The summed E-state index contributed by atoms with van der Waals surface area (Å²) < 4.78 is 9.45. The van der Waals surface area contributed by atoms with Gasteiger partial charge in [0, 0.05) is 0 Å². The summed E-state index contributed by atoms with van der Waals surface area (Å²) in [6.07, 6.45) is -0.154. The monoisotopic (exact) mass is 276 g/mol. The molecule has 16 heavy (non-hydrogen) atoms. The Morgan fingerprint density at radius 3 is 1.31 bits per heavy atom. The minimum atomic E-state index is -0.954. The molecule has 5 nitrogen and oxygen atoms in total. The van der Waals surface area contributed by atoms with Crippen molar-refractivity contribution in [2.75, 3.05) is 38.2 Å². The summed E-state index contributed by atoms with van der Waals surface area (Å²) in [5, 5.41) is 24.0. The first-order valence-electron chi connectivity index (χ1n) is 4.92. The molecule has 0 amide bonds. The van der Waals surface area contributed by atoms with Crippen LogP contribution in [-0.2, 0) is 9.47 Å². The van der Waals surface area contributed by atoms with E-state index in [1.165, 1.54) is 0 Å². The number of halogens is 2. The van der Waals surface area contributed by atoms with Crippen molar-refractivity contribution in [1.29, 1.82) is 0 Å². The molecule has 0 bridgehead atoms. The van der Waals surface area contributed by atoms with E-state index in [1.54, 1.807) is 0 Å². The van der Waals surface area contributed by atoms with E-state index in [2.05, 4.69) is 0 Å². The summed E-state index contributed by atoms with van der Waals surface area (Å²) in [5.74, 6) is 1.33. The number of hydrogen-bond acceptors (Lipinski definition) is 5. The van der Waals surface area contributed by atoms with Crippen LogP contribution in [0.2, 0.25) is 0 Å².